The Hall–Kier alpha value is -3.86. The summed E-state index contributed by atoms with van der Waals surface area (Å²) in [6, 6.07) is 15.0. The van der Waals surface area contributed by atoms with Crippen molar-refractivity contribution in [2.24, 2.45) is 0 Å². The van der Waals surface area contributed by atoms with Crippen LogP contribution in [0.2, 0.25) is 0 Å². The Bertz CT molecular complexity index is 1090. The van der Waals surface area contributed by atoms with E-state index < -0.39 is 0 Å². The minimum atomic E-state index is -0.0952. The molecule has 29 heavy (non-hydrogen) atoms. The van der Waals surface area contributed by atoms with Gasteiger partial charge in [-0.25, -0.2) is 0 Å². The third-order valence-electron chi connectivity index (χ3n) is 4.92. The molecule has 0 aliphatic carbocycles. The molecule has 2 aliphatic heterocycles. The second-order valence-electron chi connectivity index (χ2n) is 6.53. The largest absolute Gasteiger partial charge is 0.497 e. The molecule has 5 heteroatoms. The van der Waals surface area contributed by atoms with Crippen molar-refractivity contribution in [2.45, 2.75) is 0 Å². The van der Waals surface area contributed by atoms with Crippen molar-refractivity contribution >= 4 is 23.3 Å². The lowest BCUT2D eigenvalue weighted by molar-refractivity contribution is -0.111. The lowest BCUT2D eigenvalue weighted by Crippen LogP contribution is -2.15. The van der Waals surface area contributed by atoms with Crippen molar-refractivity contribution in [1.29, 1.82) is 0 Å². The predicted molar refractivity (Wildman–Crippen MR) is 111 cm³/mol. The first-order valence-electron chi connectivity index (χ1n) is 9.08. The Labute approximate surface area is 168 Å². The molecule has 0 aromatic heterocycles. The Morgan fingerprint density at radius 1 is 0.862 bits per heavy atom. The van der Waals surface area contributed by atoms with Crippen LogP contribution in [0.5, 0.6) is 11.5 Å². The summed E-state index contributed by atoms with van der Waals surface area (Å²) in [6.45, 7) is 0. The van der Waals surface area contributed by atoms with Crippen LogP contribution in [0.15, 0.2) is 84.2 Å². The monoisotopic (exact) mass is 385 g/mol. The van der Waals surface area contributed by atoms with E-state index in [9.17, 15) is 9.59 Å². The number of rotatable bonds is 5. The van der Waals surface area contributed by atoms with Gasteiger partial charge in [0, 0.05) is 6.20 Å². The Kier molecular flexibility index (Phi) is 4.87. The number of hydrogen-bond donors (Lipinski definition) is 0. The molecule has 0 saturated carbocycles. The van der Waals surface area contributed by atoms with Gasteiger partial charge in [0.15, 0.2) is 0 Å². The van der Waals surface area contributed by atoms with Gasteiger partial charge in [-0.05, 0) is 71.3 Å². The summed E-state index contributed by atoms with van der Waals surface area (Å²) < 4.78 is 10.5. The molecule has 2 aromatic carbocycles. The molecule has 0 atom stereocenters. The van der Waals surface area contributed by atoms with Gasteiger partial charge in [0.1, 0.15) is 17.8 Å². The van der Waals surface area contributed by atoms with Crippen LogP contribution in [0.1, 0.15) is 11.1 Å². The number of ether oxygens (including phenoxy) is 2. The Morgan fingerprint density at radius 2 is 1.45 bits per heavy atom. The van der Waals surface area contributed by atoms with Gasteiger partial charge in [-0.2, -0.15) is 0 Å². The number of carbonyl (C=O) groups is 2. The molecule has 0 N–H and O–H groups in total. The van der Waals surface area contributed by atoms with Crippen molar-refractivity contribution in [3.8, 4) is 11.5 Å². The van der Waals surface area contributed by atoms with Crippen LogP contribution in [0, 0.1) is 0 Å². The van der Waals surface area contributed by atoms with E-state index in [0.717, 1.165) is 28.3 Å². The maximum absolute atomic E-state index is 13.4. The van der Waals surface area contributed by atoms with Crippen LogP contribution in [-0.4, -0.2) is 31.2 Å². The molecule has 5 nitrogen and oxygen atoms in total. The standard InChI is InChI=1S/C24H19NO4/c1-28-19-7-3-17(4-8-19)22-23(18-5-9-20(29-2)10-6-18)25-13-11-16(12-14-26)15-21(25)24(22)27/h3-15H,1-2H3. The van der Waals surface area contributed by atoms with Gasteiger partial charge < -0.3 is 14.4 Å². The van der Waals surface area contributed by atoms with E-state index in [2.05, 4.69) is 0 Å². The van der Waals surface area contributed by atoms with E-state index in [-0.39, 0.29) is 5.78 Å². The average molecular weight is 385 g/mol. The van der Waals surface area contributed by atoms with Crippen LogP contribution in [0.4, 0.5) is 0 Å². The number of ketones is 1. The highest BCUT2D eigenvalue weighted by molar-refractivity contribution is 6.38. The van der Waals surface area contributed by atoms with Crippen LogP contribution < -0.4 is 9.47 Å². The fourth-order valence-electron chi connectivity index (χ4n) is 3.48. The van der Waals surface area contributed by atoms with Crippen LogP contribution in [0.25, 0.3) is 11.3 Å². The number of nitrogens with zero attached hydrogens (tertiary/aromatic N) is 1. The van der Waals surface area contributed by atoms with Crippen LogP contribution in [-0.2, 0) is 9.59 Å². The molecule has 0 radical (unpaired) electrons. The highest BCUT2D eigenvalue weighted by atomic mass is 16.5. The zero-order valence-corrected chi connectivity index (χ0v) is 16.1. The number of aldehydes is 1. The zero-order valence-electron chi connectivity index (χ0n) is 16.1. The van der Waals surface area contributed by atoms with Gasteiger partial charge >= 0.3 is 0 Å². The van der Waals surface area contributed by atoms with Crippen molar-refractivity contribution < 1.29 is 19.1 Å². The van der Waals surface area contributed by atoms with Gasteiger partial charge in [-0.15, -0.1) is 0 Å². The number of Topliss-reactive ketones (excluding diaryl/α,β-unsaturated/α-hetero) is 1. The maximum Gasteiger partial charge on any atom is 0.212 e. The highest BCUT2D eigenvalue weighted by Crippen LogP contribution is 2.43. The smallest absolute Gasteiger partial charge is 0.212 e. The first kappa shape index (κ1) is 18.5. The first-order chi connectivity index (χ1) is 14.2. The number of carbonyl (C=O) groups excluding carboxylic acids is 2. The second kappa shape index (κ2) is 7.64. The molecule has 0 bridgehead atoms. The topological polar surface area (TPSA) is 55.8 Å². The van der Waals surface area contributed by atoms with Crippen molar-refractivity contribution in [1.82, 2.24) is 4.90 Å². The molecular weight excluding hydrogens is 366 g/mol. The third-order valence-corrected chi connectivity index (χ3v) is 4.92. The van der Waals surface area contributed by atoms with E-state index in [0.29, 0.717) is 23.1 Å². The molecule has 0 amide bonds. The van der Waals surface area contributed by atoms with Crippen LogP contribution >= 0.6 is 0 Å². The lowest BCUT2D eigenvalue weighted by Gasteiger charge is -2.22. The molecule has 0 saturated heterocycles. The number of methoxy groups -OCH3 is 2. The van der Waals surface area contributed by atoms with Gasteiger partial charge in [0.25, 0.3) is 0 Å². The van der Waals surface area contributed by atoms with Gasteiger partial charge in [-0.3, -0.25) is 9.59 Å². The quantitative estimate of drug-likeness (QED) is 0.575. The average Bonchev–Trinajstić information content (AvgIpc) is 3.06. The van der Waals surface area contributed by atoms with Gasteiger partial charge in [-0.1, -0.05) is 12.1 Å². The molecule has 2 aliphatic rings. The molecule has 0 unspecified atom stereocenters. The minimum absolute atomic E-state index is 0.0952. The summed E-state index contributed by atoms with van der Waals surface area (Å²) in [5, 5.41) is 0. The van der Waals surface area contributed by atoms with E-state index in [4.69, 9.17) is 9.47 Å². The number of fused-ring (bicyclic) bond motifs is 1. The Morgan fingerprint density at radius 3 is 2.00 bits per heavy atom. The fourth-order valence-corrected chi connectivity index (χ4v) is 3.48. The van der Waals surface area contributed by atoms with E-state index in [1.54, 1.807) is 20.3 Å². The molecule has 4 rings (SSSR count). The zero-order chi connectivity index (χ0) is 20.4. The summed E-state index contributed by atoms with van der Waals surface area (Å²) in [6.07, 6.45) is 7.52. The van der Waals surface area contributed by atoms with E-state index >= 15 is 0 Å². The summed E-state index contributed by atoms with van der Waals surface area (Å²) >= 11 is 0. The summed E-state index contributed by atoms with van der Waals surface area (Å²) in [5.74, 6) is 1.37. The second-order valence-corrected chi connectivity index (χ2v) is 6.53. The molecule has 0 spiro atoms. The predicted octanol–water partition coefficient (Wildman–Crippen LogP) is 3.99. The summed E-state index contributed by atoms with van der Waals surface area (Å²) in [7, 11) is 3.22. The van der Waals surface area contributed by atoms with Crippen molar-refractivity contribution in [3.05, 3.63) is 95.4 Å². The number of hydrogen-bond acceptors (Lipinski definition) is 5. The van der Waals surface area contributed by atoms with E-state index in [1.807, 2.05) is 65.7 Å². The van der Waals surface area contributed by atoms with Crippen molar-refractivity contribution in [2.75, 3.05) is 14.2 Å². The lowest BCUT2D eigenvalue weighted by atomic mass is 9.98. The first-order valence-corrected chi connectivity index (χ1v) is 9.08. The SMILES string of the molecule is COc1ccc(C2=C(c3ccc(OC)cc3)N3C=CC(=CC=O)C=C3C2=O)cc1. The molecule has 2 aromatic rings. The fraction of sp³-hybridized carbons (Fsp3) is 0.0833. The van der Waals surface area contributed by atoms with Gasteiger partial charge in [0.05, 0.1) is 31.2 Å². The molecule has 0 fully saturated rings. The van der Waals surface area contributed by atoms with E-state index in [1.165, 1.54) is 6.08 Å². The highest BCUT2D eigenvalue weighted by Gasteiger charge is 2.36. The number of allylic oxidation sites excluding steroid dienone is 5. The molecule has 2 heterocycles. The molecular formula is C24H19NO4. The summed E-state index contributed by atoms with van der Waals surface area (Å²) in [4.78, 5) is 26.1. The number of benzene rings is 2. The van der Waals surface area contributed by atoms with Crippen molar-refractivity contribution in [3.63, 3.8) is 0 Å². The third kappa shape index (κ3) is 3.27. The summed E-state index contributed by atoms with van der Waals surface area (Å²) in [5.41, 5.74) is 4.27. The molecule has 144 valence electrons. The van der Waals surface area contributed by atoms with Gasteiger partial charge in [0.2, 0.25) is 5.78 Å². The maximum atomic E-state index is 13.4. The Balaban J connectivity index is 1.89. The van der Waals surface area contributed by atoms with Crippen LogP contribution in [0.3, 0.4) is 0 Å². The normalized spacial score (nSPS) is 16.8. The minimum Gasteiger partial charge on any atom is -0.497 e.